The van der Waals surface area contributed by atoms with Crippen molar-refractivity contribution in [1.82, 2.24) is 4.57 Å². The Labute approximate surface area is 96.1 Å². The molecule has 1 aromatic carbocycles. The molecule has 2 nitrogen and oxygen atoms in total. The molecule has 0 amide bonds. The van der Waals surface area contributed by atoms with Crippen LogP contribution < -0.4 is 5.73 Å². The maximum absolute atomic E-state index is 6.07. The third kappa shape index (κ3) is 1.30. The van der Waals surface area contributed by atoms with Crippen molar-refractivity contribution in [3.63, 3.8) is 0 Å². The summed E-state index contributed by atoms with van der Waals surface area (Å²) < 4.78 is 2.43. The van der Waals surface area contributed by atoms with Gasteiger partial charge >= 0.3 is 0 Å². The van der Waals surface area contributed by atoms with Gasteiger partial charge in [-0.25, -0.2) is 0 Å². The standard InChI is InChI=1S/C14H18N2/c1-2-11-12-5-3-4-6-13(12)16-9-10(15)7-8-14(11)16/h3-6,10H,2,7-9,15H2,1H3/t10-/m1/s1. The van der Waals surface area contributed by atoms with Crippen LogP contribution in [0.25, 0.3) is 10.9 Å². The minimum atomic E-state index is 0.327. The first-order valence-corrected chi connectivity index (χ1v) is 6.15. The highest BCUT2D eigenvalue weighted by Crippen LogP contribution is 2.30. The first kappa shape index (κ1) is 9.91. The monoisotopic (exact) mass is 214 g/mol. The van der Waals surface area contributed by atoms with Crippen LogP contribution in [0.15, 0.2) is 24.3 Å². The van der Waals surface area contributed by atoms with Crippen LogP contribution >= 0.6 is 0 Å². The molecule has 0 radical (unpaired) electrons. The van der Waals surface area contributed by atoms with Gasteiger partial charge in [-0.1, -0.05) is 25.1 Å². The lowest BCUT2D eigenvalue weighted by Gasteiger charge is -2.22. The number of aromatic nitrogens is 1. The quantitative estimate of drug-likeness (QED) is 0.776. The van der Waals surface area contributed by atoms with Crippen LogP contribution in [-0.4, -0.2) is 10.6 Å². The Bertz CT molecular complexity index is 525. The summed E-state index contributed by atoms with van der Waals surface area (Å²) in [7, 11) is 0. The second-order valence-corrected chi connectivity index (χ2v) is 4.71. The van der Waals surface area contributed by atoms with Crippen LogP contribution in [0.5, 0.6) is 0 Å². The summed E-state index contributed by atoms with van der Waals surface area (Å²) in [6.07, 6.45) is 3.39. The molecule has 0 aliphatic carbocycles. The molecule has 0 saturated carbocycles. The van der Waals surface area contributed by atoms with E-state index in [1.54, 1.807) is 0 Å². The summed E-state index contributed by atoms with van der Waals surface area (Å²) in [4.78, 5) is 0. The molecule has 3 rings (SSSR count). The van der Waals surface area contributed by atoms with Crippen LogP contribution in [-0.2, 0) is 19.4 Å². The summed E-state index contributed by atoms with van der Waals surface area (Å²) in [6.45, 7) is 3.23. The molecule has 0 saturated heterocycles. The molecule has 1 aliphatic rings. The van der Waals surface area contributed by atoms with Crippen LogP contribution in [0.3, 0.4) is 0 Å². The first-order valence-electron chi connectivity index (χ1n) is 6.15. The highest BCUT2D eigenvalue weighted by Gasteiger charge is 2.21. The Balaban J connectivity index is 2.31. The topological polar surface area (TPSA) is 30.9 Å². The van der Waals surface area contributed by atoms with E-state index in [-0.39, 0.29) is 0 Å². The summed E-state index contributed by atoms with van der Waals surface area (Å²) in [5.74, 6) is 0. The third-order valence-electron chi connectivity index (χ3n) is 3.72. The minimum Gasteiger partial charge on any atom is -0.343 e. The molecule has 0 unspecified atom stereocenters. The molecular weight excluding hydrogens is 196 g/mol. The van der Waals surface area contributed by atoms with Crippen molar-refractivity contribution >= 4 is 10.9 Å². The van der Waals surface area contributed by atoms with Crippen molar-refractivity contribution in [3.05, 3.63) is 35.5 Å². The molecular formula is C14H18N2. The normalized spacial score (nSPS) is 20.0. The minimum absolute atomic E-state index is 0.327. The van der Waals surface area contributed by atoms with Crippen LogP contribution in [0, 0.1) is 0 Å². The fourth-order valence-corrected chi connectivity index (χ4v) is 2.96. The molecule has 2 heterocycles. The van der Waals surface area contributed by atoms with Crippen molar-refractivity contribution in [2.75, 3.05) is 0 Å². The summed E-state index contributed by atoms with van der Waals surface area (Å²) >= 11 is 0. The van der Waals surface area contributed by atoms with Gasteiger partial charge in [-0.15, -0.1) is 0 Å². The van der Waals surface area contributed by atoms with E-state index in [0.717, 1.165) is 25.8 Å². The predicted molar refractivity (Wildman–Crippen MR) is 67.6 cm³/mol. The second kappa shape index (κ2) is 3.63. The van der Waals surface area contributed by atoms with E-state index in [4.69, 9.17) is 5.73 Å². The molecule has 0 bridgehead atoms. The Morgan fingerprint density at radius 3 is 3.00 bits per heavy atom. The van der Waals surface area contributed by atoms with Crippen molar-refractivity contribution < 1.29 is 0 Å². The largest absolute Gasteiger partial charge is 0.343 e. The summed E-state index contributed by atoms with van der Waals surface area (Å²) in [6, 6.07) is 9.04. The van der Waals surface area contributed by atoms with Crippen molar-refractivity contribution in [2.24, 2.45) is 5.73 Å². The predicted octanol–water partition coefficient (Wildman–Crippen LogP) is 2.48. The Morgan fingerprint density at radius 1 is 1.38 bits per heavy atom. The number of rotatable bonds is 1. The summed E-state index contributed by atoms with van der Waals surface area (Å²) in [5, 5.41) is 1.43. The lowest BCUT2D eigenvalue weighted by Crippen LogP contribution is -2.31. The SMILES string of the molecule is CCc1c2n(c3ccccc13)C[C@H](N)CC2. The maximum atomic E-state index is 6.07. The number of nitrogens with zero attached hydrogens (tertiary/aromatic N) is 1. The number of hydrogen-bond donors (Lipinski definition) is 1. The van der Waals surface area contributed by atoms with Crippen LogP contribution in [0.4, 0.5) is 0 Å². The molecule has 1 aliphatic heterocycles. The fraction of sp³-hybridized carbons (Fsp3) is 0.429. The van der Waals surface area contributed by atoms with Gasteiger partial charge in [0.05, 0.1) is 0 Å². The van der Waals surface area contributed by atoms with E-state index < -0.39 is 0 Å². The smallest absolute Gasteiger partial charge is 0.0485 e. The molecule has 2 N–H and O–H groups in total. The lowest BCUT2D eigenvalue weighted by molar-refractivity contribution is 0.467. The molecule has 1 atom stereocenters. The zero-order chi connectivity index (χ0) is 11.1. The Morgan fingerprint density at radius 2 is 2.19 bits per heavy atom. The van der Waals surface area contributed by atoms with E-state index in [1.807, 2.05) is 0 Å². The lowest BCUT2D eigenvalue weighted by atomic mass is 10.0. The Hall–Kier alpha value is -1.28. The van der Waals surface area contributed by atoms with Crippen molar-refractivity contribution in [3.8, 4) is 0 Å². The van der Waals surface area contributed by atoms with Gasteiger partial charge < -0.3 is 10.3 Å². The van der Waals surface area contributed by atoms with Gasteiger partial charge in [0, 0.05) is 29.2 Å². The zero-order valence-electron chi connectivity index (χ0n) is 9.74. The van der Waals surface area contributed by atoms with E-state index >= 15 is 0 Å². The molecule has 2 heteroatoms. The van der Waals surface area contributed by atoms with Gasteiger partial charge in [-0.2, -0.15) is 0 Å². The number of aryl methyl sites for hydroxylation is 1. The Kier molecular flexibility index (Phi) is 2.25. The van der Waals surface area contributed by atoms with Gasteiger partial charge in [0.2, 0.25) is 0 Å². The number of hydrogen-bond acceptors (Lipinski definition) is 1. The zero-order valence-corrected chi connectivity index (χ0v) is 9.74. The van der Waals surface area contributed by atoms with E-state index in [2.05, 4.69) is 35.8 Å². The van der Waals surface area contributed by atoms with E-state index in [0.29, 0.717) is 6.04 Å². The molecule has 1 aromatic heterocycles. The first-order chi connectivity index (χ1) is 7.81. The van der Waals surface area contributed by atoms with E-state index in [1.165, 1.54) is 22.2 Å². The molecule has 2 aromatic rings. The molecule has 84 valence electrons. The highest BCUT2D eigenvalue weighted by molar-refractivity contribution is 5.85. The number of para-hydroxylation sites is 1. The van der Waals surface area contributed by atoms with Crippen molar-refractivity contribution in [2.45, 2.75) is 38.8 Å². The second-order valence-electron chi connectivity index (χ2n) is 4.71. The molecule has 16 heavy (non-hydrogen) atoms. The number of fused-ring (bicyclic) bond motifs is 3. The average Bonchev–Trinajstić information content (AvgIpc) is 2.62. The van der Waals surface area contributed by atoms with Crippen molar-refractivity contribution in [1.29, 1.82) is 0 Å². The van der Waals surface area contributed by atoms with Gasteiger partial charge in [-0.3, -0.25) is 0 Å². The van der Waals surface area contributed by atoms with E-state index in [9.17, 15) is 0 Å². The van der Waals surface area contributed by atoms with Gasteiger partial charge in [-0.05, 0) is 30.9 Å². The van der Waals surface area contributed by atoms with Gasteiger partial charge in [0.1, 0.15) is 0 Å². The molecule has 0 spiro atoms. The number of benzene rings is 1. The van der Waals surface area contributed by atoms with Gasteiger partial charge in [0.15, 0.2) is 0 Å². The molecule has 0 fully saturated rings. The van der Waals surface area contributed by atoms with Crippen LogP contribution in [0.2, 0.25) is 0 Å². The average molecular weight is 214 g/mol. The summed E-state index contributed by atoms with van der Waals surface area (Å²) in [5.41, 5.74) is 10.5. The number of nitrogens with two attached hydrogens (primary N) is 1. The third-order valence-corrected chi connectivity index (χ3v) is 3.72. The van der Waals surface area contributed by atoms with Gasteiger partial charge in [0.25, 0.3) is 0 Å². The maximum Gasteiger partial charge on any atom is 0.0485 e. The fourth-order valence-electron chi connectivity index (χ4n) is 2.96. The highest BCUT2D eigenvalue weighted by atomic mass is 15.0. The van der Waals surface area contributed by atoms with Crippen LogP contribution in [0.1, 0.15) is 24.6 Å².